The fraction of sp³-hybridized carbons (Fsp3) is 0.429. The van der Waals surface area contributed by atoms with Gasteiger partial charge in [-0.25, -0.2) is 0 Å². The van der Waals surface area contributed by atoms with E-state index in [-0.39, 0.29) is 0 Å². The molecule has 0 aliphatic heterocycles. The van der Waals surface area contributed by atoms with Crippen LogP contribution < -0.4 is 0 Å². The molecule has 2 rings (SSSR count). The first-order valence-electron chi connectivity index (χ1n) is 8.20. The van der Waals surface area contributed by atoms with E-state index >= 15 is 0 Å². The average Bonchev–Trinajstić information content (AvgIpc) is 2.47. The van der Waals surface area contributed by atoms with Crippen LogP contribution in [0.5, 0.6) is 0 Å². The molecule has 1 atom stereocenters. The molecule has 2 aromatic rings. The van der Waals surface area contributed by atoms with Crippen LogP contribution >= 0.6 is 0 Å². The predicted molar refractivity (Wildman–Crippen MR) is 92.9 cm³/mol. The van der Waals surface area contributed by atoms with Crippen LogP contribution in [0.2, 0.25) is 0 Å². The highest BCUT2D eigenvalue weighted by Gasteiger charge is 2.16. The maximum atomic E-state index is 2.38. The van der Waals surface area contributed by atoms with E-state index in [1.807, 2.05) is 0 Å². The Morgan fingerprint density at radius 2 is 1.57 bits per heavy atom. The van der Waals surface area contributed by atoms with E-state index in [2.05, 4.69) is 76.2 Å². The van der Waals surface area contributed by atoms with Crippen LogP contribution in [0.4, 0.5) is 0 Å². The van der Waals surface area contributed by atoms with Gasteiger partial charge in [0.25, 0.3) is 0 Å². The normalized spacial score (nSPS) is 12.6. The van der Waals surface area contributed by atoms with Gasteiger partial charge in [0.05, 0.1) is 0 Å². The lowest BCUT2D eigenvalue weighted by molar-refractivity contribution is 0.520. The predicted octanol–water partition coefficient (Wildman–Crippen LogP) is 6.26. The summed E-state index contributed by atoms with van der Waals surface area (Å²) in [6.45, 7) is 9.07. The monoisotopic (exact) mass is 280 g/mol. The van der Waals surface area contributed by atoms with E-state index in [0.29, 0.717) is 5.92 Å². The lowest BCUT2D eigenvalue weighted by Gasteiger charge is -2.21. The van der Waals surface area contributed by atoms with Gasteiger partial charge in [-0.1, -0.05) is 80.8 Å². The highest BCUT2D eigenvalue weighted by molar-refractivity contribution is 5.39. The summed E-state index contributed by atoms with van der Waals surface area (Å²) in [5.74, 6) is 1.32. The molecule has 21 heavy (non-hydrogen) atoms. The van der Waals surface area contributed by atoms with Gasteiger partial charge in [0.2, 0.25) is 0 Å². The summed E-state index contributed by atoms with van der Waals surface area (Å²) in [6, 6.07) is 17.9. The molecule has 2 aromatic carbocycles. The molecule has 0 heterocycles. The van der Waals surface area contributed by atoms with E-state index in [1.54, 1.807) is 0 Å². The van der Waals surface area contributed by atoms with E-state index in [1.165, 1.54) is 41.5 Å². The largest absolute Gasteiger partial charge is 0.0628 e. The minimum Gasteiger partial charge on any atom is -0.0628 e. The van der Waals surface area contributed by atoms with Crippen LogP contribution in [-0.4, -0.2) is 0 Å². The molecule has 0 radical (unpaired) electrons. The summed E-state index contributed by atoms with van der Waals surface area (Å²) in [5.41, 5.74) is 5.74. The Labute approximate surface area is 130 Å². The molecule has 0 saturated heterocycles. The zero-order valence-electron chi connectivity index (χ0n) is 13.9. The molecule has 0 fully saturated rings. The molecular weight excluding hydrogens is 252 g/mol. The number of hydrogen-bond acceptors (Lipinski definition) is 0. The van der Waals surface area contributed by atoms with Crippen molar-refractivity contribution in [3.63, 3.8) is 0 Å². The van der Waals surface area contributed by atoms with E-state index < -0.39 is 0 Å². The first-order chi connectivity index (χ1) is 10.1. The number of aryl methyl sites for hydroxylation is 2. The number of rotatable bonds is 6. The Morgan fingerprint density at radius 3 is 2.24 bits per heavy atom. The minimum absolute atomic E-state index is 0.532. The fourth-order valence-corrected chi connectivity index (χ4v) is 3.05. The Balaban J connectivity index is 2.29. The van der Waals surface area contributed by atoms with Crippen molar-refractivity contribution in [2.45, 2.75) is 52.9 Å². The summed E-state index contributed by atoms with van der Waals surface area (Å²) >= 11 is 0. The van der Waals surface area contributed by atoms with E-state index in [0.717, 1.165) is 5.92 Å². The van der Waals surface area contributed by atoms with Gasteiger partial charge in [0.15, 0.2) is 0 Å². The highest BCUT2D eigenvalue weighted by Crippen LogP contribution is 2.32. The summed E-state index contributed by atoms with van der Waals surface area (Å²) in [6.07, 6.45) is 3.85. The first-order valence-corrected chi connectivity index (χ1v) is 8.20. The van der Waals surface area contributed by atoms with Gasteiger partial charge >= 0.3 is 0 Å². The molecule has 0 saturated carbocycles. The second-order valence-corrected chi connectivity index (χ2v) is 6.65. The summed E-state index contributed by atoms with van der Waals surface area (Å²) < 4.78 is 0. The van der Waals surface area contributed by atoms with Gasteiger partial charge < -0.3 is 0 Å². The van der Waals surface area contributed by atoms with Crippen molar-refractivity contribution in [1.82, 2.24) is 0 Å². The van der Waals surface area contributed by atoms with E-state index in [9.17, 15) is 0 Å². The second-order valence-electron chi connectivity index (χ2n) is 6.65. The van der Waals surface area contributed by atoms with Crippen molar-refractivity contribution in [3.05, 3.63) is 70.8 Å². The second kappa shape index (κ2) is 7.45. The fourth-order valence-electron chi connectivity index (χ4n) is 3.05. The topological polar surface area (TPSA) is 0 Å². The number of benzene rings is 2. The molecule has 0 aliphatic carbocycles. The smallest absolute Gasteiger partial charge is 0.00920 e. The Kier molecular flexibility index (Phi) is 5.61. The van der Waals surface area contributed by atoms with Gasteiger partial charge in [-0.15, -0.1) is 0 Å². The molecule has 0 bridgehead atoms. The SMILES string of the molecule is Cc1ccc(C)c([C@H](CCCC(C)C)c2ccccc2)c1. The van der Waals surface area contributed by atoms with Gasteiger partial charge in [-0.3, -0.25) is 0 Å². The van der Waals surface area contributed by atoms with Crippen molar-refractivity contribution >= 4 is 0 Å². The van der Waals surface area contributed by atoms with Crippen LogP contribution in [0.15, 0.2) is 48.5 Å². The molecule has 0 amide bonds. The van der Waals surface area contributed by atoms with Crippen molar-refractivity contribution in [3.8, 4) is 0 Å². The van der Waals surface area contributed by atoms with Crippen LogP contribution in [0.25, 0.3) is 0 Å². The molecule has 112 valence electrons. The van der Waals surface area contributed by atoms with Crippen LogP contribution in [-0.2, 0) is 0 Å². The highest BCUT2D eigenvalue weighted by atomic mass is 14.2. The lowest BCUT2D eigenvalue weighted by atomic mass is 9.83. The molecule has 0 heteroatoms. The summed E-state index contributed by atoms with van der Waals surface area (Å²) in [7, 11) is 0. The Bertz CT molecular complexity index is 552. The molecule has 0 spiro atoms. The van der Waals surface area contributed by atoms with Crippen molar-refractivity contribution in [2.75, 3.05) is 0 Å². The van der Waals surface area contributed by atoms with Gasteiger partial charge in [-0.2, -0.15) is 0 Å². The van der Waals surface area contributed by atoms with Gasteiger partial charge in [0.1, 0.15) is 0 Å². The Morgan fingerprint density at radius 1 is 0.857 bits per heavy atom. The van der Waals surface area contributed by atoms with Gasteiger partial charge in [-0.05, 0) is 42.9 Å². The maximum absolute atomic E-state index is 2.38. The Hall–Kier alpha value is -1.56. The average molecular weight is 280 g/mol. The van der Waals surface area contributed by atoms with E-state index in [4.69, 9.17) is 0 Å². The lowest BCUT2D eigenvalue weighted by Crippen LogP contribution is -2.05. The van der Waals surface area contributed by atoms with Crippen LogP contribution in [0, 0.1) is 19.8 Å². The van der Waals surface area contributed by atoms with Gasteiger partial charge in [0, 0.05) is 5.92 Å². The molecule has 0 aliphatic rings. The first kappa shape index (κ1) is 15.8. The molecule has 0 N–H and O–H groups in total. The zero-order chi connectivity index (χ0) is 15.2. The van der Waals surface area contributed by atoms with Crippen molar-refractivity contribution in [2.24, 2.45) is 5.92 Å². The van der Waals surface area contributed by atoms with Crippen LogP contribution in [0.1, 0.15) is 61.3 Å². The minimum atomic E-state index is 0.532. The molecular formula is C21H28. The maximum Gasteiger partial charge on any atom is 0.00920 e. The van der Waals surface area contributed by atoms with Crippen molar-refractivity contribution in [1.29, 1.82) is 0 Å². The molecule has 0 aromatic heterocycles. The number of hydrogen-bond donors (Lipinski definition) is 0. The third kappa shape index (κ3) is 4.46. The quantitative estimate of drug-likeness (QED) is 0.585. The summed E-state index contributed by atoms with van der Waals surface area (Å²) in [4.78, 5) is 0. The van der Waals surface area contributed by atoms with Crippen molar-refractivity contribution < 1.29 is 0 Å². The third-order valence-corrected chi connectivity index (χ3v) is 4.29. The molecule has 0 unspecified atom stereocenters. The van der Waals surface area contributed by atoms with Crippen LogP contribution in [0.3, 0.4) is 0 Å². The zero-order valence-corrected chi connectivity index (χ0v) is 13.9. The standard InChI is InChI=1S/C21H28/c1-16(2)9-8-12-20(19-10-6-5-7-11-19)21-15-17(3)13-14-18(21)4/h5-7,10-11,13-16,20H,8-9,12H2,1-4H3/t20-/m1/s1. The summed E-state index contributed by atoms with van der Waals surface area (Å²) in [5, 5.41) is 0. The third-order valence-electron chi connectivity index (χ3n) is 4.29. The molecule has 0 nitrogen and oxygen atoms in total.